The molecule has 1 aliphatic rings. The lowest BCUT2D eigenvalue weighted by Crippen LogP contribution is -2.31. The highest BCUT2D eigenvalue weighted by Gasteiger charge is 2.35. The number of rotatable bonds is 4. The number of anilines is 1. The second-order valence-electron chi connectivity index (χ2n) is 5.19. The molecular weight excluding hydrogens is 271 g/mol. The summed E-state index contributed by atoms with van der Waals surface area (Å²) in [7, 11) is 0. The minimum atomic E-state index is -4.68. The van der Waals surface area contributed by atoms with Crippen molar-refractivity contribution in [3.05, 3.63) is 29.3 Å². The zero-order valence-electron chi connectivity index (χ0n) is 11.0. The molecule has 1 aromatic rings. The lowest BCUT2D eigenvalue weighted by Gasteiger charge is -2.32. The van der Waals surface area contributed by atoms with Crippen LogP contribution < -0.4 is 5.32 Å². The van der Waals surface area contributed by atoms with E-state index < -0.39 is 23.3 Å². The molecule has 3 nitrogen and oxygen atoms in total. The first kappa shape index (κ1) is 14.7. The Balaban J connectivity index is 2.24. The molecule has 1 aliphatic carbocycles. The Bertz CT molecular complexity index is 510. The third-order valence-electron chi connectivity index (χ3n) is 3.81. The molecular formula is C14H16F3NO2. The van der Waals surface area contributed by atoms with E-state index >= 15 is 0 Å². The third-order valence-corrected chi connectivity index (χ3v) is 3.81. The number of aromatic carboxylic acids is 1. The minimum Gasteiger partial charge on any atom is -0.478 e. The van der Waals surface area contributed by atoms with Crippen LogP contribution in [0.4, 0.5) is 18.9 Å². The van der Waals surface area contributed by atoms with Gasteiger partial charge < -0.3 is 10.4 Å². The molecule has 1 saturated carbocycles. The predicted molar refractivity (Wildman–Crippen MR) is 68.8 cm³/mol. The van der Waals surface area contributed by atoms with Gasteiger partial charge in [0.15, 0.2) is 0 Å². The first-order valence-electron chi connectivity index (χ1n) is 6.50. The quantitative estimate of drug-likeness (QED) is 0.879. The van der Waals surface area contributed by atoms with Crippen molar-refractivity contribution in [2.75, 3.05) is 5.32 Å². The van der Waals surface area contributed by atoms with Gasteiger partial charge >= 0.3 is 12.1 Å². The number of hydrogen-bond donors (Lipinski definition) is 2. The van der Waals surface area contributed by atoms with E-state index in [2.05, 4.69) is 5.32 Å². The van der Waals surface area contributed by atoms with Gasteiger partial charge in [0.25, 0.3) is 0 Å². The summed E-state index contributed by atoms with van der Waals surface area (Å²) < 4.78 is 38.6. The summed E-state index contributed by atoms with van der Waals surface area (Å²) in [6, 6.07) is 3.34. The number of halogens is 3. The van der Waals surface area contributed by atoms with Crippen LogP contribution >= 0.6 is 0 Å². The van der Waals surface area contributed by atoms with Crippen LogP contribution in [0.25, 0.3) is 0 Å². The molecule has 0 heterocycles. The Kier molecular flexibility index (Phi) is 3.92. The van der Waals surface area contributed by atoms with Gasteiger partial charge in [0.1, 0.15) is 0 Å². The Morgan fingerprint density at radius 1 is 1.40 bits per heavy atom. The summed E-state index contributed by atoms with van der Waals surface area (Å²) in [6.45, 7) is 1.93. The van der Waals surface area contributed by atoms with Crippen molar-refractivity contribution in [1.29, 1.82) is 0 Å². The average molecular weight is 287 g/mol. The summed E-state index contributed by atoms with van der Waals surface area (Å²) in [5.41, 5.74) is -1.53. The van der Waals surface area contributed by atoms with Crippen molar-refractivity contribution in [2.24, 2.45) is 5.92 Å². The summed E-state index contributed by atoms with van der Waals surface area (Å²) in [6.07, 6.45) is -1.37. The molecule has 6 heteroatoms. The summed E-state index contributed by atoms with van der Waals surface area (Å²) in [5, 5.41) is 11.8. The Morgan fingerprint density at radius 2 is 2.05 bits per heavy atom. The van der Waals surface area contributed by atoms with Crippen LogP contribution in [0.2, 0.25) is 0 Å². The number of alkyl halides is 3. The van der Waals surface area contributed by atoms with Gasteiger partial charge in [-0.2, -0.15) is 13.2 Å². The normalized spacial score (nSPS) is 17.4. The van der Waals surface area contributed by atoms with Gasteiger partial charge in [-0.15, -0.1) is 0 Å². The largest absolute Gasteiger partial charge is 0.478 e. The van der Waals surface area contributed by atoms with Gasteiger partial charge in [-0.3, -0.25) is 0 Å². The molecule has 0 spiro atoms. The molecule has 2 rings (SSSR count). The minimum absolute atomic E-state index is 0.0838. The van der Waals surface area contributed by atoms with Gasteiger partial charge in [0.2, 0.25) is 0 Å². The monoisotopic (exact) mass is 287 g/mol. The van der Waals surface area contributed by atoms with E-state index in [0.29, 0.717) is 11.6 Å². The zero-order valence-corrected chi connectivity index (χ0v) is 11.0. The van der Waals surface area contributed by atoms with Crippen molar-refractivity contribution >= 4 is 11.7 Å². The van der Waals surface area contributed by atoms with Gasteiger partial charge in [-0.05, 0) is 43.9 Å². The number of carboxylic acids is 1. The van der Waals surface area contributed by atoms with Crippen molar-refractivity contribution in [2.45, 2.75) is 38.4 Å². The summed E-state index contributed by atoms with van der Waals surface area (Å²) in [5.74, 6) is -1.10. The van der Waals surface area contributed by atoms with Crippen LogP contribution in [-0.4, -0.2) is 17.1 Å². The number of hydrogen-bond acceptors (Lipinski definition) is 2. The lowest BCUT2D eigenvalue weighted by atomic mass is 9.80. The fraction of sp³-hybridized carbons (Fsp3) is 0.500. The van der Waals surface area contributed by atoms with E-state index in [1.807, 2.05) is 6.92 Å². The number of carbonyl (C=O) groups is 1. The van der Waals surface area contributed by atoms with Crippen molar-refractivity contribution in [3.63, 3.8) is 0 Å². The highest BCUT2D eigenvalue weighted by Crippen LogP contribution is 2.35. The fourth-order valence-electron chi connectivity index (χ4n) is 2.38. The standard InChI is InChI=1S/C14H16F3NO2/c1-8(9-3-2-4-9)18-10-5-6-11(13(19)20)12(7-10)14(15,16)17/h5-9,18H,2-4H2,1H3,(H,19,20). The Hall–Kier alpha value is -1.72. The average Bonchev–Trinajstić information content (AvgIpc) is 2.24. The van der Waals surface area contributed by atoms with E-state index in [1.54, 1.807) is 0 Å². The molecule has 1 atom stereocenters. The van der Waals surface area contributed by atoms with Crippen LogP contribution in [0, 0.1) is 5.92 Å². The SMILES string of the molecule is CC(Nc1ccc(C(=O)O)c(C(F)(F)F)c1)C1CCC1. The molecule has 1 aromatic carbocycles. The number of nitrogens with one attached hydrogen (secondary N) is 1. The molecule has 0 saturated heterocycles. The first-order valence-corrected chi connectivity index (χ1v) is 6.50. The van der Waals surface area contributed by atoms with Crippen molar-refractivity contribution in [1.82, 2.24) is 0 Å². The molecule has 0 bridgehead atoms. The van der Waals surface area contributed by atoms with Gasteiger partial charge in [0.05, 0.1) is 11.1 Å². The molecule has 1 fully saturated rings. The molecule has 0 aliphatic heterocycles. The highest BCUT2D eigenvalue weighted by molar-refractivity contribution is 5.90. The van der Waals surface area contributed by atoms with Crippen LogP contribution in [-0.2, 0) is 6.18 Å². The summed E-state index contributed by atoms with van der Waals surface area (Å²) >= 11 is 0. The van der Waals surface area contributed by atoms with Crippen LogP contribution in [0.5, 0.6) is 0 Å². The summed E-state index contributed by atoms with van der Waals surface area (Å²) in [4.78, 5) is 10.8. The molecule has 1 unspecified atom stereocenters. The van der Waals surface area contributed by atoms with Gasteiger partial charge in [-0.1, -0.05) is 6.42 Å². The highest BCUT2D eigenvalue weighted by atomic mass is 19.4. The van der Waals surface area contributed by atoms with E-state index in [-0.39, 0.29) is 6.04 Å². The molecule has 0 amide bonds. The second-order valence-corrected chi connectivity index (χ2v) is 5.19. The van der Waals surface area contributed by atoms with Crippen molar-refractivity contribution in [3.8, 4) is 0 Å². The lowest BCUT2D eigenvalue weighted by molar-refractivity contribution is -0.138. The maximum atomic E-state index is 12.9. The molecule has 0 aromatic heterocycles. The van der Waals surface area contributed by atoms with Crippen LogP contribution in [0.1, 0.15) is 42.1 Å². The Morgan fingerprint density at radius 3 is 2.50 bits per heavy atom. The Labute approximate surface area is 114 Å². The second kappa shape index (κ2) is 5.34. The van der Waals surface area contributed by atoms with E-state index in [4.69, 9.17) is 5.11 Å². The molecule has 0 radical (unpaired) electrons. The van der Waals surface area contributed by atoms with Gasteiger partial charge in [-0.25, -0.2) is 4.79 Å². The molecule has 2 N–H and O–H groups in total. The topological polar surface area (TPSA) is 49.3 Å². The zero-order chi connectivity index (χ0) is 14.9. The predicted octanol–water partition coefficient (Wildman–Crippen LogP) is 4.00. The maximum Gasteiger partial charge on any atom is 0.417 e. The van der Waals surface area contributed by atoms with Crippen LogP contribution in [0.15, 0.2) is 18.2 Å². The number of carboxylic acid groups (broad SMARTS) is 1. The van der Waals surface area contributed by atoms with Crippen molar-refractivity contribution < 1.29 is 23.1 Å². The van der Waals surface area contributed by atoms with E-state index in [9.17, 15) is 18.0 Å². The van der Waals surface area contributed by atoms with Crippen LogP contribution in [0.3, 0.4) is 0 Å². The molecule has 20 heavy (non-hydrogen) atoms. The van der Waals surface area contributed by atoms with Gasteiger partial charge in [0, 0.05) is 11.7 Å². The first-order chi connectivity index (χ1) is 9.29. The molecule has 110 valence electrons. The van der Waals surface area contributed by atoms with E-state index in [1.165, 1.54) is 6.07 Å². The smallest absolute Gasteiger partial charge is 0.417 e. The third kappa shape index (κ3) is 3.05. The van der Waals surface area contributed by atoms with E-state index in [0.717, 1.165) is 31.4 Å². The maximum absolute atomic E-state index is 12.9. The number of benzene rings is 1. The fourth-order valence-corrected chi connectivity index (χ4v) is 2.38.